The van der Waals surface area contributed by atoms with E-state index in [0.29, 0.717) is 10.6 Å². The van der Waals surface area contributed by atoms with Gasteiger partial charge in [-0.1, -0.05) is 29.8 Å². The molecule has 0 unspecified atom stereocenters. The molecule has 19 heavy (non-hydrogen) atoms. The molecule has 1 heterocycles. The first-order valence-electron chi connectivity index (χ1n) is 5.72. The molecule has 1 N–H and O–H groups in total. The van der Waals surface area contributed by atoms with Crippen molar-refractivity contribution >= 4 is 57.4 Å². The van der Waals surface area contributed by atoms with Gasteiger partial charge in [0.25, 0.3) is 5.91 Å². The molecule has 1 aliphatic rings. The number of hydrogen-bond donors (Lipinski definition) is 1. The minimum atomic E-state index is -0.0862. The van der Waals surface area contributed by atoms with Gasteiger partial charge in [-0.2, -0.15) is 0 Å². The zero-order valence-electron chi connectivity index (χ0n) is 9.78. The van der Waals surface area contributed by atoms with Crippen LogP contribution in [-0.4, -0.2) is 5.91 Å². The number of benzene rings is 2. The Balaban J connectivity index is 2.14. The van der Waals surface area contributed by atoms with Crippen molar-refractivity contribution in [3.63, 3.8) is 0 Å². The van der Waals surface area contributed by atoms with Crippen molar-refractivity contribution in [3.8, 4) is 0 Å². The Labute approximate surface area is 129 Å². The Kier molecular flexibility index (Phi) is 3.33. The van der Waals surface area contributed by atoms with Crippen LogP contribution in [0.15, 0.2) is 42.5 Å². The number of amides is 1. The predicted octanol–water partition coefficient (Wildman–Crippen LogP) is 4.44. The predicted molar refractivity (Wildman–Crippen MR) is 87.1 cm³/mol. The Hall–Kier alpha value is -1.33. The van der Waals surface area contributed by atoms with Crippen molar-refractivity contribution in [1.82, 2.24) is 0 Å². The van der Waals surface area contributed by atoms with E-state index in [2.05, 4.69) is 27.9 Å². The first-order valence-corrected chi connectivity index (χ1v) is 7.18. The number of nitrogens with one attached hydrogen (secondary N) is 1. The molecule has 0 saturated carbocycles. The topological polar surface area (TPSA) is 29.1 Å². The second kappa shape index (κ2) is 4.98. The van der Waals surface area contributed by atoms with Gasteiger partial charge < -0.3 is 5.32 Å². The van der Waals surface area contributed by atoms with E-state index < -0.39 is 0 Å². The monoisotopic (exact) mass is 381 g/mol. The van der Waals surface area contributed by atoms with Gasteiger partial charge in [0.1, 0.15) is 0 Å². The van der Waals surface area contributed by atoms with E-state index in [4.69, 9.17) is 11.6 Å². The molecule has 2 aromatic rings. The summed E-state index contributed by atoms with van der Waals surface area (Å²) in [5, 5.41) is 3.47. The van der Waals surface area contributed by atoms with Gasteiger partial charge in [0.15, 0.2) is 0 Å². The number of rotatable bonds is 1. The molecule has 0 spiro atoms. The third kappa shape index (κ3) is 2.40. The molecule has 94 valence electrons. The van der Waals surface area contributed by atoms with Crippen LogP contribution in [0.1, 0.15) is 11.1 Å². The fraction of sp³-hybridized carbons (Fsp3) is 0. The molecule has 0 bridgehead atoms. The zero-order valence-corrected chi connectivity index (χ0v) is 12.7. The molecular formula is C15H9ClINO. The van der Waals surface area contributed by atoms with E-state index in [1.807, 2.05) is 42.5 Å². The second-order valence-corrected chi connectivity index (χ2v) is 5.82. The molecule has 2 aromatic carbocycles. The summed E-state index contributed by atoms with van der Waals surface area (Å²) in [7, 11) is 0. The fourth-order valence-electron chi connectivity index (χ4n) is 2.05. The lowest BCUT2D eigenvalue weighted by Gasteiger charge is -2.01. The molecule has 0 aromatic heterocycles. The summed E-state index contributed by atoms with van der Waals surface area (Å²) in [6.07, 6.45) is 1.90. The van der Waals surface area contributed by atoms with E-state index in [0.717, 1.165) is 20.4 Å². The van der Waals surface area contributed by atoms with Crippen LogP contribution in [0.3, 0.4) is 0 Å². The Morgan fingerprint density at radius 2 is 1.95 bits per heavy atom. The smallest absolute Gasteiger partial charge is 0.256 e. The maximum absolute atomic E-state index is 12.0. The van der Waals surface area contributed by atoms with E-state index >= 15 is 0 Å². The number of carbonyl (C=O) groups excluding carboxylic acids is 1. The van der Waals surface area contributed by atoms with Gasteiger partial charge in [0.2, 0.25) is 0 Å². The fourth-order valence-corrected chi connectivity index (χ4v) is 2.77. The number of carbonyl (C=O) groups is 1. The summed E-state index contributed by atoms with van der Waals surface area (Å²) in [5.41, 5.74) is 3.35. The number of fused-ring (bicyclic) bond motifs is 1. The van der Waals surface area contributed by atoms with E-state index in [1.165, 1.54) is 0 Å². The van der Waals surface area contributed by atoms with Crippen molar-refractivity contribution in [1.29, 1.82) is 0 Å². The molecule has 1 amide bonds. The highest BCUT2D eigenvalue weighted by Gasteiger charge is 2.24. The molecule has 2 nitrogen and oxygen atoms in total. The third-order valence-corrected chi connectivity index (χ3v) is 4.19. The van der Waals surface area contributed by atoms with Crippen molar-refractivity contribution in [2.75, 3.05) is 5.32 Å². The second-order valence-electron chi connectivity index (χ2n) is 4.22. The van der Waals surface area contributed by atoms with Crippen LogP contribution in [-0.2, 0) is 4.79 Å². The highest BCUT2D eigenvalue weighted by atomic mass is 127. The van der Waals surface area contributed by atoms with Gasteiger partial charge in [-0.05, 0) is 58.5 Å². The van der Waals surface area contributed by atoms with Gasteiger partial charge in [-0.25, -0.2) is 0 Å². The number of halogens is 2. The largest absolute Gasteiger partial charge is 0.321 e. The summed E-state index contributed by atoms with van der Waals surface area (Å²) in [6, 6.07) is 13.4. The number of hydrogen-bond acceptors (Lipinski definition) is 1. The SMILES string of the molecule is O=C1Nc2ccc(Cl)cc2/C1=C\c1ccccc1I. The highest BCUT2D eigenvalue weighted by Crippen LogP contribution is 2.35. The summed E-state index contributed by atoms with van der Waals surface area (Å²) >= 11 is 8.26. The van der Waals surface area contributed by atoms with Crippen LogP contribution in [0.2, 0.25) is 5.02 Å². The highest BCUT2D eigenvalue weighted by molar-refractivity contribution is 14.1. The van der Waals surface area contributed by atoms with Crippen molar-refractivity contribution in [2.45, 2.75) is 0 Å². The first kappa shape index (κ1) is 12.7. The third-order valence-electron chi connectivity index (χ3n) is 2.97. The lowest BCUT2D eigenvalue weighted by molar-refractivity contribution is -0.110. The van der Waals surface area contributed by atoms with Crippen LogP contribution >= 0.6 is 34.2 Å². The van der Waals surface area contributed by atoms with E-state index in [9.17, 15) is 4.79 Å². The van der Waals surface area contributed by atoms with Gasteiger partial charge in [0.05, 0.1) is 0 Å². The lowest BCUT2D eigenvalue weighted by atomic mass is 10.0. The normalized spacial score (nSPS) is 15.5. The van der Waals surface area contributed by atoms with Crippen molar-refractivity contribution in [3.05, 3.63) is 62.2 Å². The summed E-state index contributed by atoms with van der Waals surface area (Å²) in [4.78, 5) is 12.0. The minimum absolute atomic E-state index is 0.0862. The summed E-state index contributed by atoms with van der Waals surface area (Å²) < 4.78 is 1.11. The van der Waals surface area contributed by atoms with Gasteiger partial charge in [-0.15, -0.1) is 0 Å². The van der Waals surface area contributed by atoms with E-state index in [1.54, 1.807) is 6.07 Å². The van der Waals surface area contributed by atoms with Gasteiger partial charge >= 0.3 is 0 Å². The van der Waals surface area contributed by atoms with Crippen LogP contribution in [0.5, 0.6) is 0 Å². The van der Waals surface area contributed by atoms with Crippen LogP contribution in [0.4, 0.5) is 5.69 Å². The minimum Gasteiger partial charge on any atom is -0.321 e. The van der Waals surface area contributed by atoms with Crippen molar-refractivity contribution in [2.24, 2.45) is 0 Å². The average Bonchev–Trinajstić information content (AvgIpc) is 2.69. The molecule has 3 rings (SSSR count). The van der Waals surface area contributed by atoms with Crippen molar-refractivity contribution < 1.29 is 4.79 Å². The first-order chi connectivity index (χ1) is 9.15. The molecule has 0 radical (unpaired) electrons. The standard InChI is InChI=1S/C15H9ClINO/c16-10-5-6-14-11(8-10)12(15(19)18-14)7-9-3-1-2-4-13(9)17/h1-8H,(H,18,19)/b12-7+. The van der Waals surface area contributed by atoms with Gasteiger partial charge in [0, 0.05) is 25.4 Å². The average molecular weight is 382 g/mol. The van der Waals surface area contributed by atoms with E-state index in [-0.39, 0.29) is 5.91 Å². The molecular weight excluding hydrogens is 373 g/mol. The Bertz CT molecular complexity index is 709. The zero-order chi connectivity index (χ0) is 13.4. The molecule has 4 heteroatoms. The number of anilines is 1. The summed E-state index contributed by atoms with van der Waals surface area (Å²) in [5.74, 6) is -0.0862. The van der Waals surface area contributed by atoms with Gasteiger partial charge in [-0.3, -0.25) is 4.79 Å². The Morgan fingerprint density at radius 3 is 2.74 bits per heavy atom. The van der Waals surface area contributed by atoms with Crippen LogP contribution < -0.4 is 5.32 Å². The summed E-state index contributed by atoms with van der Waals surface area (Å²) in [6.45, 7) is 0. The quantitative estimate of drug-likeness (QED) is 0.574. The van der Waals surface area contributed by atoms with Crippen LogP contribution in [0, 0.1) is 3.57 Å². The lowest BCUT2D eigenvalue weighted by Crippen LogP contribution is -2.03. The molecule has 0 aliphatic carbocycles. The maximum Gasteiger partial charge on any atom is 0.256 e. The molecule has 0 atom stereocenters. The molecule has 0 fully saturated rings. The molecule has 1 aliphatic heterocycles. The Morgan fingerprint density at radius 1 is 1.16 bits per heavy atom. The maximum atomic E-state index is 12.0. The molecule has 0 saturated heterocycles. The van der Waals surface area contributed by atoms with Crippen LogP contribution in [0.25, 0.3) is 11.6 Å².